The Morgan fingerprint density at radius 1 is 0.333 bits per heavy atom. The van der Waals surface area contributed by atoms with Crippen LogP contribution in [0.2, 0.25) is 0 Å². The minimum absolute atomic E-state index is 0. The Hall–Kier alpha value is -7.86. The number of hydrogen-bond donors (Lipinski definition) is 0. The van der Waals surface area contributed by atoms with Crippen LogP contribution in [0, 0.1) is 37.6 Å². The van der Waals surface area contributed by atoms with Gasteiger partial charge in [0, 0.05) is 88.3 Å². The van der Waals surface area contributed by atoms with Crippen LogP contribution in [0.15, 0.2) is 190 Å². The zero-order valence-corrected chi connectivity index (χ0v) is 68.2. The molecule has 2 aliphatic rings. The van der Waals surface area contributed by atoms with Crippen molar-refractivity contribution in [1.82, 2.24) is 19.1 Å². The van der Waals surface area contributed by atoms with E-state index in [1.54, 1.807) is 24.3 Å². The molecular formula is C86H90N8O4Pt2S2-6. The Labute approximate surface area is 633 Å². The van der Waals surface area contributed by atoms with Gasteiger partial charge in [-0.2, -0.15) is 37.6 Å². The summed E-state index contributed by atoms with van der Waals surface area (Å²) in [6.45, 7) is 42.8. The van der Waals surface area contributed by atoms with E-state index < -0.39 is 19.7 Å². The van der Waals surface area contributed by atoms with Crippen molar-refractivity contribution in [2.24, 2.45) is 0 Å². The van der Waals surface area contributed by atoms with E-state index in [2.05, 4.69) is 236 Å². The summed E-state index contributed by atoms with van der Waals surface area (Å²) in [5.74, 6) is 1.44. The van der Waals surface area contributed by atoms with E-state index >= 15 is 0 Å². The first-order valence-electron chi connectivity index (χ1n) is 34.2. The number of nitrogens with zero attached hydrogens (tertiary/aromatic N) is 8. The zero-order chi connectivity index (χ0) is 71.9. The first-order chi connectivity index (χ1) is 46.7. The molecule has 0 spiro atoms. The van der Waals surface area contributed by atoms with Gasteiger partial charge in [-0.05, 0) is 160 Å². The van der Waals surface area contributed by atoms with Gasteiger partial charge in [-0.1, -0.05) is 184 Å². The number of fused-ring (bicyclic) bond motifs is 8. The molecule has 0 radical (unpaired) electrons. The van der Waals surface area contributed by atoms with Crippen LogP contribution < -0.4 is 19.6 Å². The summed E-state index contributed by atoms with van der Waals surface area (Å²) in [6, 6.07) is 65.6. The second-order valence-electron chi connectivity index (χ2n) is 33.0. The standard InChI is InChI=1S/2C43H45N4O2S.2Pt/c1-41(2,3)28-15-18-37-39(23-28)45(10)27-46(37)31-21-30(43(7,8)9)22-33(25-31)50(48,49)32-16-17-35-34-13-11-12-14-36(34)47(38(35)26-32)40-24-29(19-20-44-40)42(4,5)6;1-41(2,3)28-15-18-37-39(23-28)46(27-45(37)10)31-21-30(43(7,8)9)22-33(25-31)50(48,49)32-16-17-35-34-13-11-12-14-36(34)47(38(35)26-32)40-24-29(19-20-44-40)42(4,5)6;;/h2*11-24,27H,1-10H3;;/q2*-3;;. The van der Waals surface area contributed by atoms with Crippen molar-refractivity contribution in [3.63, 3.8) is 0 Å². The minimum Gasteiger partial charge on any atom is -0.504 e. The summed E-state index contributed by atoms with van der Waals surface area (Å²) in [7, 11) is -4.07. The van der Waals surface area contributed by atoms with E-state index in [0.29, 0.717) is 22.4 Å². The van der Waals surface area contributed by atoms with Crippen molar-refractivity contribution in [2.75, 3.05) is 33.7 Å². The number of para-hydroxylation sites is 2. The molecule has 0 atom stereocenters. The maximum atomic E-state index is 14.7. The fraction of sp³-hybridized carbons (Fsp3) is 0.302. The fourth-order valence-electron chi connectivity index (χ4n) is 13.2. The molecule has 6 heterocycles. The predicted molar refractivity (Wildman–Crippen MR) is 411 cm³/mol. The van der Waals surface area contributed by atoms with E-state index in [-0.39, 0.29) is 94.2 Å². The summed E-state index contributed by atoms with van der Waals surface area (Å²) in [4.78, 5) is 18.2. The maximum Gasteiger partial charge on any atom is 0.160 e. The molecule has 0 unspecified atom stereocenters. The van der Waals surface area contributed by atoms with Gasteiger partial charge in [0.25, 0.3) is 0 Å². The normalized spacial score (nSPS) is 13.9. The van der Waals surface area contributed by atoms with Crippen molar-refractivity contribution in [3.05, 3.63) is 241 Å². The van der Waals surface area contributed by atoms with Gasteiger partial charge in [0.05, 0.1) is 0 Å². The molecule has 8 aromatic carbocycles. The number of hydrogen-bond acceptors (Lipinski definition) is 10. The van der Waals surface area contributed by atoms with Crippen LogP contribution in [0.4, 0.5) is 34.1 Å². The number of pyridine rings is 2. The Balaban J connectivity index is 0.000000201. The van der Waals surface area contributed by atoms with Gasteiger partial charge in [0.2, 0.25) is 0 Å². The predicted octanol–water partition coefficient (Wildman–Crippen LogP) is 20.4. The number of aromatic nitrogens is 4. The third-order valence-electron chi connectivity index (χ3n) is 19.4. The van der Waals surface area contributed by atoms with Crippen LogP contribution >= 0.6 is 0 Å². The van der Waals surface area contributed by atoms with Gasteiger partial charge < -0.3 is 28.7 Å². The van der Waals surface area contributed by atoms with Crippen molar-refractivity contribution in [1.29, 1.82) is 0 Å². The molecule has 0 saturated carbocycles. The van der Waals surface area contributed by atoms with E-state index in [1.165, 1.54) is 11.1 Å². The van der Waals surface area contributed by atoms with E-state index in [0.717, 1.165) is 89.2 Å². The van der Waals surface area contributed by atoms with Gasteiger partial charge in [0.1, 0.15) is 11.6 Å². The molecule has 0 saturated heterocycles. The van der Waals surface area contributed by atoms with Gasteiger partial charge in [-0.3, -0.25) is 0 Å². The average Bonchev–Trinajstić information content (AvgIpc) is 1.55. The molecule has 12 nitrogen and oxygen atoms in total. The fourth-order valence-corrected chi connectivity index (χ4v) is 15.7. The third-order valence-corrected chi connectivity index (χ3v) is 22.6. The molecule has 0 bridgehead atoms. The van der Waals surface area contributed by atoms with Crippen molar-refractivity contribution in [3.8, 4) is 11.6 Å². The van der Waals surface area contributed by atoms with E-state index in [4.69, 9.17) is 9.97 Å². The molecule has 4 aromatic heterocycles. The SMILES string of the molecule is CN1[CH-]N(c2[c-]c(S(=O)(=O)c3[c-]c4c(cc3)c3ccccc3n4-c3cc(C(C)(C)C)ccn3)cc(C(C)(C)C)c2)c2cc(C(C)(C)C)ccc21.CN1[CH-]N(c2[c-]c(S(=O)(=O)c3[c-]c4c(cc3)c3ccccc3n4-c3cc(C(C)(C)C)ccn3)cc(C(C)(C)C)c2)c2ccc(C(C)(C)C)cc21.[Pt].[Pt]. The molecule has 0 N–H and O–H groups in total. The van der Waals surface area contributed by atoms with Crippen LogP contribution in [-0.4, -0.2) is 50.0 Å². The van der Waals surface area contributed by atoms with Crippen LogP contribution in [0.3, 0.4) is 0 Å². The van der Waals surface area contributed by atoms with E-state index in [1.807, 2.05) is 115 Å². The van der Waals surface area contributed by atoms with Crippen LogP contribution in [-0.2, 0) is 94.3 Å². The Morgan fingerprint density at radius 2 is 0.686 bits per heavy atom. The second-order valence-corrected chi connectivity index (χ2v) is 36.8. The number of rotatable bonds is 8. The minimum atomic E-state index is -4.05. The largest absolute Gasteiger partial charge is 0.504 e. The van der Waals surface area contributed by atoms with Crippen molar-refractivity contribution >= 4 is 97.4 Å². The molecule has 0 aliphatic carbocycles. The monoisotopic (exact) mass is 1750 g/mol. The second kappa shape index (κ2) is 26.7. The number of sulfone groups is 2. The Kier molecular flexibility index (Phi) is 19.7. The molecule has 0 fully saturated rings. The Morgan fingerprint density at radius 3 is 1.09 bits per heavy atom. The molecular weight excluding hydrogens is 1660 g/mol. The molecule has 102 heavy (non-hydrogen) atoms. The third kappa shape index (κ3) is 14.0. The summed E-state index contributed by atoms with van der Waals surface area (Å²) in [6.07, 6.45) is 3.64. The van der Waals surface area contributed by atoms with Gasteiger partial charge in [0.15, 0.2) is 19.7 Å². The quantitative estimate of drug-likeness (QED) is 0.136. The van der Waals surface area contributed by atoms with Crippen molar-refractivity contribution in [2.45, 2.75) is 177 Å². The number of benzene rings is 8. The van der Waals surface area contributed by atoms with Gasteiger partial charge in [-0.25, -0.2) is 26.8 Å². The number of anilines is 6. The first-order valence-corrected chi connectivity index (χ1v) is 37.2. The zero-order valence-electron chi connectivity index (χ0n) is 62.0. The summed E-state index contributed by atoms with van der Waals surface area (Å²) < 4.78 is 63.0. The summed E-state index contributed by atoms with van der Waals surface area (Å²) in [5.41, 5.74) is 14.3. The molecule has 16 heteroatoms. The summed E-state index contributed by atoms with van der Waals surface area (Å²) in [5, 5.41) is 3.85. The Bertz CT molecular complexity index is 5500. The van der Waals surface area contributed by atoms with Gasteiger partial charge >= 0.3 is 0 Å². The first kappa shape index (κ1) is 75.3. The van der Waals surface area contributed by atoms with Crippen molar-refractivity contribution < 1.29 is 59.0 Å². The molecule has 2 aliphatic heterocycles. The smallest absolute Gasteiger partial charge is 0.160 e. The topological polar surface area (TPSA) is 117 Å². The van der Waals surface area contributed by atoms with Crippen LogP contribution in [0.5, 0.6) is 0 Å². The van der Waals surface area contributed by atoms with E-state index in [9.17, 15) is 16.8 Å². The molecule has 536 valence electrons. The molecule has 14 rings (SSSR count). The van der Waals surface area contributed by atoms with Crippen LogP contribution in [0.25, 0.3) is 55.2 Å². The van der Waals surface area contributed by atoms with Crippen LogP contribution in [0.1, 0.15) is 158 Å². The molecule has 0 amide bonds. The summed E-state index contributed by atoms with van der Waals surface area (Å²) >= 11 is 0. The van der Waals surface area contributed by atoms with Gasteiger partial charge in [-0.15, -0.1) is 81.8 Å². The molecule has 12 aromatic rings. The average molecular weight is 1750 g/mol. The maximum absolute atomic E-state index is 14.7.